The Hall–Kier alpha value is -1.52. The molecule has 112 valence electrons. The average Bonchev–Trinajstić information content (AvgIpc) is 2.90. The van der Waals surface area contributed by atoms with Crippen LogP contribution in [0.25, 0.3) is 0 Å². The number of aromatic nitrogens is 2. The normalized spacial score (nSPS) is 11.1. The van der Waals surface area contributed by atoms with Crippen molar-refractivity contribution in [2.45, 2.75) is 17.7 Å². The molecule has 2 aromatic rings. The maximum absolute atomic E-state index is 12.1. The summed E-state index contributed by atoms with van der Waals surface area (Å²) in [5.41, 5.74) is 0.410. The maximum atomic E-state index is 12.1. The van der Waals surface area contributed by atoms with Crippen molar-refractivity contribution in [3.05, 3.63) is 28.7 Å². The van der Waals surface area contributed by atoms with Crippen molar-refractivity contribution in [3.63, 3.8) is 0 Å². The first-order chi connectivity index (χ1) is 9.90. The molecular weight excluding hydrogens is 380 g/mol. The highest BCUT2D eigenvalue weighted by Crippen LogP contribution is 2.23. The quantitative estimate of drug-likeness (QED) is 0.763. The van der Waals surface area contributed by atoms with Crippen LogP contribution in [0, 0.1) is 0 Å². The predicted octanol–water partition coefficient (Wildman–Crippen LogP) is 2.45. The van der Waals surface area contributed by atoms with Gasteiger partial charge in [-0.1, -0.05) is 34.2 Å². The number of benzene rings is 1. The molecule has 1 heterocycles. The van der Waals surface area contributed by atoms with Crippen molar-refractivity contribution < 1.29 is 13.2 Å². The Bertz CT molecular complexity index is 743. The third kappa shape index (κ3) is 4.22. The molecule has 0 radical (unpaired) electrons. The number of carbonyl (C=O) groups excluding carboxylic acids is 1. The number of amides is 1. The summed E-state index contributed by atoms with van der Waals surface area (Å²) in [5, 5.41) is 9.83. The van der Waals surface area contributed by atoms with E-state index in [1.165, 1.54) is 0 Å². The third-order valence-corrected chi connectivity index (χ3v) is 5.42. The molecular formula is C11H11BrN4O3S2. The van der Waals surface area contributed by atoms with E-state index in [4.69, 9.17) is 0 Å². The van der Waals surface area contributed by atoms with Crippen LogP contribution in [-0.2, 0) is 14.8 Å². The van der Waals surface area contributed by atoms with Crippen LogP contribution in [0.1, 0.15) is 13.3 Å². The van der Waals surface area contributed by atoms with Crippen LogP contribution in [-0.4, -0.2) is 24.5 Å². The summed E-state index contributed by atoms with van der Waals surface area (Å²) in [6.07, 6.45) is 0.277. The van der Waals surface area contributed by atoms with Gasteiger partial charge in [-0.25, -0.2) is 0 Å². The first-order valence-corrected chi connectivity index (χ1v) is 8.91. The molecule has 0 fully saturated rings. The van der Waals surface area contributed by atoms with Crippen LogP contribution >= 0.6 is 27.3 Å². The van der Waals surface area contributed by atoms with Gasteiger partial charge in [-0.15, -0.1) is 10.2 Å². The summed E-state index contributed by atoms with van der Waals surface area (Å²) < 4.78 is 27.3. The predicted molar refractivity (Wildman–Crippen MR) is 83.8 cm³/mol. The Kier molecular flexibility index (Phi) is 4.91. The molecule has 0 aliphatic carbocycles. The average molecular weight is 391 g/mol. The monoisotopic (exact) mass is 390 g/mol. The van der Waals surface area contributed by atoms with E-state index in [0.29, 0.717) is 5.69 Å². The molecule has 0 aliphatic rings. The van der Waals surface area contributed by atoms with E-state index in [9.17, 15) is 13.2 Å². The topological polar surface area (TPSA) is 101 Å². The van der Waals surface area contributed by atoms with E-state index in [2.05, 4.69) is 36.2 Å². The third-order valence-electron chi connectivity index (χ3n) is 2.30. The second-order valence-electron chi connectivity index (χ2n) is 3.89. The fourth-order valence-corrected chi connectivity index (χ4v) is 3.53. The first-order valence-electron chi connectivity index (χ1n) is 5.82. The molecule has 1 aromatic heterocycles. The number of halogens is 1. The zero-order valence-electron chi connectivity index (χ0n) is 10.8. The number of hydrogen-bond donors (Lipinski definition) is 2. The van der Waals surface area contributed by atoms with Crippen molar-refractivity contribution in [3.8, 4) is 0 Å². The van der Waals surface area contributed by atoms with Crippen LogP contribution in [0.4, 0.5) is 10.8 Å². The Labute approximate surface area is 134 Å². The molecule has 0 bridgehead atoms. The number of anilines is 2. The lowest BCUT2D eigenvalue weighted by molar-refractivity contribution is -0.115. The highest BCUT2D eigenvalue weighted by molar-refractivity contribution is 9.10. The van der Waals surface area contributed by atoms with E-state index < -0.39 is 10.0 Å². The van der Waals surface area contributed by atoms with E-state index in [-0.39, 0.29) is 21.8 Å². The van der Waals surface area contributed by atoms with Crippen LogP contribution in [0.3, 0.4) is 0 Å². The summed E-state index contributed by atoms with van der Waals surface area (Å²) in [5.74, 6) is -0.254. The summed E-state index contributed by atoms with van der Waals surface area (Å²) in [6, 6.07) is 6.65. The molecule has 0 aliphatic heterocycles. The maximum Gasteiger partial charge on any atom is 0.291 e. The Morgan fingerprint density at radius 3 is 2.57 bits per heavy atom. The van der Waals surface area contributed by atoms with Gasteiger partial charge >= 0.3 is 0 Å². The van der Waals surface area contributed by atoms with Gasteiger partial charge in [0, 0.05) is 16.6 Å². The van der Waals surface area contributed by atoms with Gasteiger partial charge in [0.15, 0.2) is 0 Å². The molecule has 0 spiro atoms. The van der Waals surface area contributed by atoms with Gasteiger partial charge in [0.1, 0.15) is 0 Å². The van der Waals surface area contributed by atoms with Gasteiger partial charge in [0.2, 0.25) is 11.0 Å². The Morgan fingerprint density at radius 2 is 1.95 bits per heavy atom. The highest BCUT2D eigenvalue weighted by atomic mass is 79.9. The number of nitrogens with zero attached hydrogens (tertiary/aromatic N) is 2. The number of rotatable bonds is 5. The Balaban J connectivity index is 2.16. The lowest BCUT2D eigenvalue weighted by Crippen LogP contribution is -2.12. The SMILES string of the molecule is CCC(=O)Nc1nnc(S(=O)(=O)Nc2ccc(Br)cc2)s1. The number of carbonyl (C=O) groups is 1. The molecule has 10 heteroatoms. The van der Waals surface area contributed by atoms with Gasteiger partial charge in [-0.3, -0.25) is 9.52 Å². The smallest absolute Gasteiger partial charge is 0.291 e. The fourth-order valence-electron chi connectivity index (χ4n) is 1.29. The second kappa shape index (κ2) is 6.50. The van der Waals surface area contributed by atoms with Gasteiger partial charge in [0.05, 0.1) is 0 Å². The minimum absolute atomic E-state index is 0.151. The molecule has 0 saturated carbocycles. The number of hydrogen-bond acceptors (Lipinski definition) is 6. The largest absolute Gasteiger partial charge is 0.301 e. The second-order valence-corrected chi connectivity index (χ2v) is 7.64. The van der Waals surface area contributed by atoms with Gasteiger partial charge in [-0.2, -0.15) is 8.42 Å². The fraction of sp³-hybridized carbons (Fsp3) is 0.182. The summed E-state index contributed by atoms with van der Waals surface area (Å²) >= 11 is 4.06. The van der Waals surface area contributed by atoms with Crippen molar-refractivity contribution in [1.29, 1.82) is 0 Å². The molecule has 7 nitrogen and oxygen atoms in total. The van der Waals surface area contributed by atoms with E-state index in [1.54, 1.807) is 31.2 Å². The standard InChI is InChI=1S/C11H11BrN4O3S2/c1-2-9(17)13-10-14-15-11(20-10)21(18,19)16-8-5-3-7(12)4-6-8/h3-6,16H,2H2,1H3,(H,13,14,17). The minimum atomic E-state index is -3.82. The highest BCUT2D eigenvalue weighted by Gasteiger charge is 2.20. The zero-order chi connectivity index (χ0) is 15.5. The molecule has 2 rings (SSSR count). The summed E-state index contributed by atoms with van der Waals surface area (Å²) in [7, 11) is -3.82. The molecule has 0 unspecified atom stereocenters. The van der Waals surface area contributed by atoms with Gasteiger partial charge in [0.25, 0.3) is 14.4 Å². The van der Waals surface area contributed by atoms with Crippen LogP contribution in [0.5, 0.6) is 0 Å². The van der Waals surface area contributed by atoms with Crippen LogP contribution in [0.15, 0.2) is 33.1 Å². The molecule has 0 saturated heterocycles. The summed E-state index contributed by atoms with van der Waals surface area (Å²) in [6.45, 7) is 1.68. The minimum Gasteiger partial charge on any atom is -0.301 e. The van der Waals surface area contributed by atoms with Crippen molar-refractivity contribution >= 4 is 54.0 Å². The zero-order valence-corrected chi connectivity index (χ0v) is 14.0. The molecule has 2 N–H and O–H groups in total. The van der Waals surface area contributed by atoms with Crippen LogP contribution < -0.4 is 10.0 Å². The Morgan fingerprint density at radius 1 is 1.29 bits per heavy atom. The van der Waals surface area contributed by atoms with Crippen molar-refractivity contribution in [2.75, 3.05) is 10.0 Å². The number of nitrogens with one attached hydrogen (secondary N) is 2. The molecule has 0 atom stereocenters. The van der Waals surface area contributed by atoms with E-state index in [0.717, 1.165) is 15.8 Å². The molecule has 1 aromatic carbocycles. The van der Waals surface area contributed by atoms with Crippen LogP contribution in [0.2, 0.25) is 0 Å². The van der Waals surface area contributed by atoms with Crippen molar-refractivity contribution in [1.82, 2.24) is 10.2 Å². The van der Waals surface area contributed by atoms with Gasteiger partial charge in [-0.05, 0) is 24.3 Å². The van der Waals surface area contributed by atoms with E-state index in [1.807, 2.05) is 0 Å². The number of sulfonamides is 1. The lowest BCUT2D eigenvalue weighted by Gasteiger charge is -2.04. The molecule has 21 heavy (non-hydrogen) atoms. The molecule has 1 amide bonds. The van der Waals surface area contributed by atoms with Crippen molar-refractivity contribution in [2.24, 2.45) is 0 Å². The van der Waals surface area contributed by atoms with E-state index >= 15 is 0 Å². The first kappa shape index (κ1) is 15.9. The van der Waals surface area contributed by atoms with Gasteiger partial charge < -0.3 is 5.32 Å². The lowest BCUT2D eigenvalue weighted by atomic mass is 10.3. The summed E-state index contributed by atoms with van der Waals surface area (Å²) in [4.78, 5) is 11.2.